The third-order valence-electron chi connectivity index (χ3n) is 4.15. The van der Waals surface area contributed by atoms with E-state index in [1.54, 1.807) is 6.07 Å². The van der Waals surface area contributed by atoms with Crippen LogP contribution in [0.25, 0.3) is 11.0 Å². The summed E-state index contributed by atoms with van der Waals surface area (Å²) in [7, 11) is 0. The van der Waals surface area contributed by atoms with Crippen molar-refractivity contribution in [3.63, 3.8) is 0 Å². The Morgan fingerprint density at radius 1 is 1.21 bits per heavy atom. The number of anilines is 1. The summed E-state index contributed by atoms with van der Waals surface area (Å²) in [6.07, 6.45) is -3.00. The van der Waals surface area contributed by atoms with Crippen LogP contribution in [-0.4, -0.2) is 22.4 Å². The molecule has 3 aromatic rings. The Labute approximate surface area is 159 Å². The number of rotatable bonds is 7. The second-order valence-electron chi connectivity index (χ2n) is 6.22. The van der Waals surface area contributed by atoms with Gasteiger partial charge in [-0.1, -0.05) is 30.3 Å². The first-order chi connectivity index (χ1) is 13.4. The molecule has 5 nitrogen and oxygen atoms in total. The van der Waals surface area contributed by atoms with E-state index in [4.69, 9.17) is 0 Å². The van der Waals surface area contributed by atoms with Crippen molar-refractivity contribution in [3.05, 3.63) is 72.3 Å². The van der Waals surface area contributed by atoms with Gasteiger partial charge in [0, 0.05) is 6.54 Å². The van der Waals surface area contributed by atoms with Crippen LogP contribution in [0.2, 0.25) is 0 Å². The molecule has 0 fully saturated rings. The number of carbonyl (C=O) groups excluding carboxylic acids is 1. The molecule has 3 N–H and O–H groups in total. The van der Waals surface area contributed by atoms with Crippen LogP contribution in [0.15, 0.2) is 61.2 Å². The second kappa shape index (κ2) is 8.16. The number of halogens is 3. The van der Waals surface area contributed by atoms with Crippen molar-refractivity contribution in [1.29, 1.82) is 0 Å². The Hall–Kier alpha value is -3.29. The maximum atomic E-state index is 13.1. The number of hydrogen-bond acceptors (Lipinski definition) is 3. The van der Waals surface area contributed by atoms with E-state index >= 15 is 0 Å². The van der Waals surface area contributed by atoms with Crippen LogP contribution in [0.3, 0.4) is 0 Å². The molecule has 2 aromatic carbocycles. The van der Waals surface area contributed by atoms with E-state index in [0.29, 0.717) is 17.0 Å². The average molecular weight is 388 g/mol. The van der Waals surface area contributed by atoms with Gasteiger partial charge in [-0.3, -0.25) is 4.79 Å². The third-order valence-corrected chi connectivity index (χ3v) is 4.15. The number of nitrogens with zero attached hydrogens (tertiary/aromatic N) is 1. The number of H-pyrrole nitrogens is 1. The zero-order chi connectivity index (χ0) is 20.1. The van der Waals surface area contributed by atoms with Crippen LogP contribution in [0.5, 0.6) is 0 Å². The molecule has 0 aliphatic carbocycles. The number of fused-ring (bicyclic) bond motifs is 1. The number of nitrogens with one attached hydrogen (secondary N) is 3. The first kappa shape index (κ1) is 19.5. The van der Waals surface area contributed by atoms with Gasteiger partial charge >= 0.3 is 6.18 Å². The minimum absolute atomic E-state index is 0.0633. The second-order valence-corrected chi connectivity index (χ2v) is 6.22. The Morgan fingerprint density at radius 2 is 2.00 bits per heavy atom. The molecular formula is C20H19F3N4O. The number of carbonyl (C=O) groups is 1. The summed E-state index contributed by atoms with van der Waals surface area (Å²) in [6.45, 7) is 3.81. The van der Waals surface area contributed by atoms with Crippen LogP contribution in [-0.2, 0) is 11.0 Å². The van der Waals surface area contributed by atoms with Gasteiger partial charge < -0.3 is 15.6 Å². The Bertz CT molecular complexity index is 948. The zero-order valence-electron chi connectivity index (χ0n) is 14.9. The van der Waals surface area contributed by atoms with Crippen LogP contribution in [0.4, 0.5) is 19.1 Å². The smallest absolute Gasteiger partial charge is 0.353 e. The number of hydrogen-bond donors (Lipinski definition) is 3. The zero-order valence-corrected chi connectivity index (χ0v) is 14.9. The van der Waals surface area contributed by atoms with E-state index in [2.05, 4.69) is 27.2 Å². The quantitative estimate of drug-likeness (QED) is 0.525. The van der Waals surface area contributed by atoms with E-state index in [1.807, 2.05) is 24.3 Å². The lowest BCUT2D eigenvalue weighted by Crippen LogP contribution is -2.27. The van der Waals surface area contributed by atoms with Crippen molar-refractivity contribution in [2.75, 3.05) is 11.9 Å². The van der Waals surface area contributed by atoms with Crippen LogP contribution >= 0.6 is 0 Å². The fourth-order valence-corrected chi connectivity index (χ4v) is 2.81. The summed E-state index contributed by atoms with van der Waals surface area (Å²) < 4.78 is 39.3. The van der Waals surface area contributed by atoms with Gasteiger partial charge in [-0.15, -0.1) is 6.58 Å². The molecule has 1 amide bonds. The SMILES string of the molecule is C=CCNC(=O)CC(Nc1nc2ccccc2[nH]1)c1cccc(C(F)(F)F)c1. The normalized spacial score (nSPS) is 12.5. The summed E-state index contributed by atoms with van der Waals surface area (Å²) in [6, 6.07) is 11.5. The highest BCUT2D eigenvalue weighted by Crippen LogP contribution is 2.32. The van der Waals surface area contributed by atoms with E-state index in [0.717, 1.165) is 17.6 Å². The minimum atomic E-state index is -4.47. The molecule has 0 saturated heterocycles. The predicted molar refractivity (Wildman–Crippen MR) is 102 cm³/mol. The van der Waals surface area contributed by atoms with Gasteiger partial charge in [-0.05, 0) is 29.8 Å². The van der Waals surface area contributed by atoms with Gasteiger partial charge in [0.05, 0.1) is 29.1 Å². The average Bonchev–Trinajstić information content (AvgIpc) is 3.07. The maximum absolute atomic E-state index is 13.1. The highest BCUT2D eigenvalue weighted by Gasteiger charge is 2.31. The lowest BCUT2D eigenvalue weighted by molar-refractivity contribution is -0.137. The van der Waals surface area contributed by atoms with E-state index in [-0.39, 0.29) is 18.9 Å². The number of aromatic nitrogens is 2. The summed E-state index contributed by atoms with van der Waals surface area (Å²) in [5, 5.41) is 5.69. The topological polar surface area (TPSA) is 69.8 Å². The van der Waals surface area contributed by atoms with E-state index in [1.165, 1.54) is 12.1 Å². The van der Waals surface area contributed by atoms with Gasteiger partial charge in [0.2, 0.25) is 11.9 Å². The van der Waals surface area contributed by atoms with E-state index < -0.39 is 17.8 Å². The molecule has 1 atom stereocenters. The maximum Gasteiger partial charge on any atom is 0.416 e. The van der Waals surface area contributed by atoms with Crippen molar-refractivity contribution in [2.45, 2.75) is 18.6 Å². The number of amides is 1. The number of aromatic amines is 1. The largest absolute Gasteiger partial charge is 0.416 e. The minimum Gasteiger partial charge on any atom is -0.353 e. The van der Waals surface area contributed by atoms with Crippen LogP contribution in [0, 0.1) is 0 Å². The van der Waals surface area contributed by atoms with Gasteiger partial charge in [0.15, 0.2) is 0 Å². The first-order valence-electron chi connectivity index (χ1n) is 8.63. The lowest BCUT2D eigenvalue weighted by Gasteiger charge is -2.19. The molecule has 0 radical (unpaired) electrons. The standard InChI is InChI=1S/C20H19F3N4O/c1-2-10-24-18(28)12-17(13-6-5-7-14(11-13)20(21,22)23)27-19-25-15-8-3-4-9-16(15)26-19/h2-9,11,17H,1,10,12H2,(H,24,28)(H2,25,26,27). The summed E-state index contributed by atoms with van der Waals surface area (Å²) in [5.74, 6) is 0.0612. The van der Waals surface area contributed by atoms with Gasteiger partial charge in [-0.2, -0.15) is 13.2 Å². The lowest BCUT2D eigenvalue weighted by atomic mass is 10.0. The monoisotopic (exact) mass is 388 g/mol. The Balaban J connectivity index is 1.90. The molecule has 0 aliphatic rings. The van der Waals surface area contributed by atoms with Gasteiger partial charge in [0.1, 0.15) is 0 Å². The number of benzene rings is 2. The third kappa shape index (κ3) is 4.70. The molecule has 0 spiro atoms. The fraction of sp³-hybridized carbons (Fsp3) is 0.200. The molecule has 1 aromatic heterocycles. The highest BCUT2D eigenvalue weighted by molar-refractivity contribution is 5.79. The Kier molecular flexibility index (Phi) is 5.67. The molecule has 0 aliphatic heterocycles. The molecule has 3 rings (SSSR count). The van der Waals surface area contributed by atoms with Crippen LogP contribution in [0.1, 0.15) is 23.6 Å². The molecule has 0 bridgehead atoms. The van der Waals surface area contributed by atoms with Crippen molar-refractivity contribution < 1.29 is 18.0 Å². The predicted octanol–water partition coefficient (Wildman–Crippen LogP) is 4.43. The van der Waals surface area contributed by atoms with Crippen molar-refractivity contribution >= 4 is 22.9 Å². The summed E-state index contributed by atoms with van der Waals surface area (Å²) in [4.78, 5) is 19.6. The molecule has 1 heterocycles. The molecule has 146 valence electrons. The molecular weight excluding hydrogens is 369 g/mol. The number of imidazole rings is 1. The van der Waals surface area contributed by atoms with Crippen molar-refractivity contribution in [1.82, 2.24) is 15.3 Å². The first-order valence-corrected chi connectivity index (χ1v) is 8.63. The summed E-state index contributed by atoms with van der Waals surface area (Å²) in [5.41, 5.74) is 1.06. The molecule has 8 heteroatoms. The van der Waals surface area contributed by atoms with Gasteiger partial charge in [0.25, 0.3) is 0 Å². The number of para-hydroxylation sites is 2. The molecule has 28 heavy (non-hydrogen) atoms. The van der Waals surface area contributed by atoms with Crippen LogP contribution < -0.4 is 10.6 Å². The van der Waals surface area contributed by atoms with Crippen molar-refractivity contribution in [3.8, 4) is 0 Å². The highest BCUT2D eigenvalue weighted by atomic mass is 19.4. The van der Waals surface area contributed by atoms with Gasteiger partial charge in [-0.25, -0.2) is 4.98 Å². The molecule has 1 unspecified atom stereocenters. The number of alkyl halides is 3. The fourth-order valence-electron chi connectivity index (χ4n) is 2.81. The van der Waals surface area contributed by atoms with E-state index in [9.17, 15) is 18.0 Å². The van der Waals surface area contributed by atoms with Crippen molar-refractivity contribution in [2.24, 2.45) is 0 Å². The molecule has 0 saturated carbocycles. The Morgan fingerprint density at radius 3 is 2.71 bits per heavy atom. The summed E-state index contributed by atoms with van der Waals surface area (Å²) >= 11 is 0.